The molecule has 1 aromatic rings. The number of halogens is 1. The van der Waals surface area contributed by atoms with Gasteiger partial charge >= 0.3 is 0 Å². The molecule has 1 fully saturated rings. The van der Waals surface area contributed by atoms with Gasteiger partial charge in [0.05, 0.1) is 0 Å². The van der Waals surface area contributed by atoms with Gasteiger partial charge in [-0.1, -0.05) is 0 Å². The SMILES string of the molecule is OC(CNCCCN1CCCC1)COc1ccc(F)cc1. The largest absolute Gasteiger partial charge is 0.491 e. The van der Waals surface area contributed by atoms with Gasteiger partial charge in [-0.3, -0.25) is 0 Å². The summed E-state index contributed by atoms with van der Waals surface area (Å²) in [6.45, 7) is 5.23. The highest BCUT2D eigenvalue weighted by atomic mass is 19.1. The first-order valence-corrected chi connectivity index (χ1v) is 7.73. The quantitative estimate of drug-likeness (QED) is 0.680. The molecule has 1 heterocycles. The van der Waals surface area contributed by atoms with Gasteiger partial charge < -0.3 is 20.1 Å². The lowest BCUT2D eigenvalue weighted by molar-refractivity contribution is 0.106. The zero-order valence-electron chi connectivity index (χ0n) is 12.4. The van der Waals surface area contributed by atoms with Crippen molar-refractivity contribution in [2.75, 3.05) is 39.3 Å². The number of likely N-dealkylation sites (tertiary alicyclic amines) is 1. The fourth-order valence-corrected chi connectivity index (χ4v) is 2.48. The van der Waals surface area contributed by atoms with E-state index in [9.17, 15) is 9.50 Å². The van der Waals surface area contributed by atoms with Crippen LogP contribution < -0.4 is 10.1 Å². The third kappa shape index (κ3) is 6.42. The highest BCUT2D eigenvalue weighted by molar-refractivity contribution is 5.22. The molecular weight excluding hydrogens is 271 g/mol. The molecule has 2 N–H and O–H groups in total. The van der Waals surface area contributed by atoms with Crippen molar-refractivity contribution < 1.29 is 14.2 Å². The summed E-state index contributed by atoms with van der Waals surface area (Å²) in [6.07, 6.45) is 3.20. The number of hydrogen-bond donors (Lipinski definition) is 2. The maximum atomic E-state index is 12.7. The van der Waals surface area contributed by atoms with Gasteiger partial charge in [0.1, 0.15) is 24.3 Å². The average Bonchev–Trinajstić information content (AvgIpc) is 2.99. The van der Waals surface area contributed by atoms with Crippen LogP contribution in [-0.2, 0) is 0 Å². The lowest BCUT2D eigenvalue weighted by Crippen LogP contribution is -2.33. The van der Waals surface area contributed by atoms with Crippen LogP contribution in [0.2, 0.25) is 0 Å². The monoisotopic (exact) mass is 296 g/mol. The Bertz CT molecular complexity index is 394. The lowest BCUT2D eigenvalue weighted by atomic mass is 10.3. The molecule has 1 unspecified atom stereocenters. The molecule has 1 saturated heterocycles. The first kappa shape index (κ1) is 16.2. The van der Waals surface area contributed by atoms with Crippen LogP contribution in [-0.4, -0.2) is 55.4 Å². The van der Waals surface area contributed by atoms with E-state index >= 15 is 0 Å². The molecule has 0 saturated carbocycles. The zero-order chi connectivity index (χ0) is 14.9. The van der Waals surface area contributed by atoms with Crippen molar-refractivity contribution in [3.8, 4) is 5.75 Å². The number of hydrogen-bond acceptors (Lipinski definition) is 4. The predicted octanol–water partition coefficient (Wildman–Crippen LogP) is 1.64. The van der Waals surface area contributed by atoms with Crippen LogP contribution in [0.4, 0.5) is 4.39 Å². The number of nitrogens with one attached hydrogen (secondary N) is 1. The van der Waals surface area contributed by atoms with Crippen LogP contribution in [0.1, 0.15) is 19.3 Å². The van der Waals surface area contributed by atoms with Gasteiger partial charge in [0.2, 0.25) is 0 Å². The minimum absolute atomic E-state index is 0.213. The number of benzene rings is 1. The second-order valence-corrected chi connectivity index (χ2v) is 5.53. The molecule has 0 radical (unpaired) electrons. The first-order valence-electron chi connectivity index (χ1n) is 7.73. The molecule has 5 heteroatoms. The Hall–Kier alpha value is -1.17. The molecule has 0 spiro atoms. The molecule has 1 atom stereocenters. The van der Waals surface area contributed by atoms with Crippen LogP contribution >= 0.6 is 0 Å². The van der Waals surface area contributed by atoms with Crippen LogP contribution in [0.15, 0.2) is 24.3 Å². The average molecular weight is 296 g/mol. The van der Waals surface area contributed by atoms with Gasteiger partial charge in [0.25, 0.3) is 0 Å². The van der Waals surface area contributed by atoms with E-state index in [4.69, 9.17) is 4.74 Å². The number of nitrogens with zero attached hydrogens (tertiary/aromatic N) is 1. The van der Waals surface area contributed by atoms with Crippen LogP contribution in [0, 0.1) is 5.82 Å². The molecule has 0 amide bonds. The van der Waals surface area contributed by atoms with E-state index < -0.39 is 6.10 Å². The van der Waals surface area contributed by atoms with E-state index in [2.05, 4.69) is 10.2 Å². The Balaban J connectivity index is 1.49. The van der Waals surface area contributed by atoms with Crippen LogP contribution in [0.25, 0.3) is 0 Å². The normalized spacial score (nSPS) is 17.0. The summed E-state index contributed by atoms with van der Waals surface area (Å²) in [5.74, 6) is 0.284. The van der Waals surface area contributed by atoms with E-state index in [0.29, 0.717) is 12.3 Å². The molecule has 118 valence electrons. The Labute approximate surface area is 125 Å². The molecule has 0 bridgehead atoms. The third-order valence-electron chi connectivity index (χ3n) is 3.66. The Kier molecular flexibility index (Phi) is 6.92. The number of rotatable bonds is 9. The van der Waals surface area contributed by atoms with E-state index in [-0.39, 0.29) is 12.4 Å². The highest BCUT2D eigenvalue weighted by Gasteiger charge is 2.10. The summed E-state index contributed by atoms with van der Waals surface area (Å²) < 4.78 is 18.1. The highest BCUT2D eigenvalue weighted by Crippen LogP contribution is 2.11. The molecular formula is C16H25FN2O2. The second kappa shape index (κ2) is 8.97. The van der Waals surface area contributed by atoms with Gasteiger partial charge in [-0.2, -0.15) is 0 Å². The molecule has 0 aliphatic carbocycles. The van der Waals surface area contributed by atoms with E-state index in [0.717, 1.165) is 19.5 Å². The molecule has 2 rings (SSSR count). The van der Waals surface area contributed by atoms with Crippen molar-refractivity contribution in [3.05, 3.63) is 30.1 Å². The first-order chi connectivity index (χ1) is 10.2. The summed E-state index contributed by atoms with van der Waals surface area (Å²) in [5, 5.41) is 13.0. The maximum Gasteiger partial charge on any atom is 0.123 e. The summed E-state index contributed by atoms with van der Waals surface area (Å²) in [7, 11) is 0. The Morgan fingerprint density at radius 1 is 1.24 bits per heavy atom. The van der Waals surface area contributed by atoms with Crippen molar-refractivity contribution >= 4 is 0 Å². The summed E-state index contributed by atoms with van der Waals surface area (Å²) >= 11 is 0. The maximum absolute atomic E-state index is 12.7. The van der Waals surface area contributed by atoms with E-state index in [1.807, 2.05) is 0 Å². The standard InChI is InChI=1S/C16H25FN2O2/c17-14-4-6-16(7-5-14)21-13-15(20)12-18-8-3-11-19-9-1-2-10-19/h4-7,15,18,20H,1-3,8-13H2. The van der Waals surface area contributed by atoms with Gasteiger partial charge in [0, 0.05) is 6.54 Å². The van der Waals surface area contributed by atoms with Crippen molar-refractivity contribution in [3.63, 3.8) is 0 Å². The minimum Gasteiger partial charge on any atom is -0.491 e. The van der Waals surface area contributed by atoms with Gasteiger partial charge in [-0.15, -0.1) is 0 Å². The van der Waals surface area contributed by atoms with Crippen molar-refractivity contribution in [1.82, 2.24) is 10.2 Å². The number of aliphatic hydroxyl groups is 1. The Morgan fingerprint density at radius 2 is 1.95 bits per heavy atom. The second-order valence-electron chi connectivity index (χ2n) is 5.53. The zero-order valence-corrected chi connectivity index (χ0v) is 12.4. The van der Waals surface area contributed by atoms with Crippen molar-refractivity contribution in [1.29, 1.82) is 0 Å². The summed E-state index contributed by atoms with van der Waals surface area (Å²) in [5.41, 5.74) is 0. The molecule has 1 aliphatic heterocycles. The molecule has 4 nitrogen and oxygen atoms in total. The topological polar surface area (TPSA) is 44.7 Å². The molecule has 1 aromatic carbocycles. The van der Waals surface area contributed by atoms with Gasteiger partial charge in [-0.25, -0.2) is 4.39 Å². The van der Waals surface area contributed by atoms with Gasteiger partial charge in [-0.05, 0) is 69.7 Å². The van der Waals surface area contributed by atoms with Crippen LogP contribution in [0.3, 0.4) is 0 Å². The molecule has 1 aliphatic rings. The van der Waals surface area contributed by atoms with Gasteiger partial charge in [0.15, 0.2) is 0 Å². The third-order valence-corrected chi connectivity index (χ3v) is 3.66. The number of aliphatic hydroxyl groups excluding tert-OH is 1. The number of ether oxygens (including phenoxy) is 1. The minimum atomic E-state index is -0.554. The molecule has 0 aromatic heterocycles. The van der Waals surface area contributed by atoms with Crippen molar-refractivity contribution in [2.45, 2.75) is 25.4 Å². The van der Waals surface area contributed by atoms with E-state index in [1.54, 1.807) is 12.1 Å². The van der Waals surface area contributed by atoms with Crippen LogP contribution in [0.5, 0.6) is 5.75 Å². The Morgan fingerprint density at radius 3 is 2.67 bits per heavy atom. The van der Waals surface area contributed by atoms with Crippen molar-refractivity contribution in [2.24, 2.45) is 0 Å². The fourth-order valence-electron chi connectivity index (χ4n) is 2.48. The summed E-state index contributed by atoms with van der Waals surface area (Å²) in [6, 6.07) is 5.81. The fraction of sp³-hybridized carbons (Fsp3) is 0.625. The predicted molar refractivity (Wildman–Crippen MR) is 81.1 cm³/mol. The van der Waals surface area contributed by atoms with E-state index in [1.165, 1.54) is 38.1 Å². The lowest BCUT2D eigenvalue weighted by Gasteiger charge is -2.16. The smallest absolute Gasteiger partial charge is 0.123 e. The summed E-state index contributed by atoms with van der Waals surface area (Å²) in [4.78, 5) is 2.48. The molecule has 21 heavy (non-hydrogen) atoms.